The van der Waals surface area contributed by atoms with E-state index in [0.29, 0.717) is 0 Å². The number of aryl methyl sites for hydroxylation is 1. The minimum Gasteiger partial charge on any atom is -0.192 e. The SMILES string of the molecule is Cc1cc(C#N)ccc1CSc1ccccc1. The van der Waals surface area contributed by atoms with E-state index in [9.17, 15) is 0 Å². The smallest absolute Gasteiger partial charge is 0.0991 e. The number of hydrogen-bond acceptors (Lipinski definition) is 2. The average Bonchev–Trinajstić information content (AvgIpc) is 2.38. The molecule has 0 aliphatic carbocycles. The first kappa shape index (κ1) is 11.8. The van der Waals surface area contributed by atoms with E-state index in [1.807, 2.05) is 48.2 Å². The number of rotatable bonds is 3. The van der Waals surface area contributed by atoms with E-state index in [2.05, 4.69) is 25.1 Å². The van der Waals surface area contributed by atoms with Gasteiger partial charge in [-0.1, -0.05) is 24.3 Å². The van der Waals surface area contributed by atoms with Crippen molar-refractivity contribution in [2.45, 2.75) is 17.6 Å². The van der Waals surface area contributed by atoms with Crippen LogP contribution in [0, 0.1) is 18.3 Å². The number of nitrogens with zero attached hydrogens (tertiary/aromatic N) is 1. The highest BCUT2D eigenvalue weighted by molar-refractivity contribution is 7.98. The summed E-state index contributed by atoms with van der Waals surface area (Å²) in [6, 6.07) is 18.4. The fourth-order valence-corrected chi connectivity index (χ4v) is 2.60. The normalized spacial score (nSPS) is 9.88. The molecule has 84 valence electrons. The van der Waals surface area contributed by atoms with Crippen LogP contribution in [-0.2, 0) is 5.75 Å². The van der Waals surface area contributed by atoms with Gasteiger partial charge in [-0.25, -0.2) is 0 Å². The summed E-state index contributed by atoms with van der Waals surface area (Å²) in [6.45, 7) is 2.06. The summed E-state index contributed by atoms with van der Waals surface area (Å²) in [7, 11) is 0. The second kappa shape index (κ2) is 5.56. The van der Waals surface area contributed by atoms with Crippen LogP contribution in [0.15, 0.2) is 53.4 Å². The number of benzene rings is 2. The van der Waals surface area contributed by atoms with E-state index in [-0.39, 0.29) is 0 Å². The molecule has 0 unspecified atom stereocenters. The minimum atomic E-state index is 0.732. The summed E-state index contributed by atoms with van der Waals surface area (Å²) in [5, 5.41) is 8.81. The Balaban J connectivity index is 2.08. The predicted octanol–water partition coefficient (Wildman–Crippen LogP) is 4.16. The molecule has 0 heterocycles. The third-order valence-electron chi connectivity index (χ3n) is 2.61. The number of nitriles is 1. The maximum Gasteiger partial charge on any atom is 0.0991 e. The monoisotopic (exact) mass is 239 g/mol. The lowest BCUT2D eigenvalue weighted by Crippen LogP contribution is -1.87. The molecule has 2 aromatic carbocycles. The summed E-state index contributed by atoms with van der Waals surface area (Å²) in [6.07, 6.45) is 0. The molecule has 0 fully saturated rings. The molecular weight excluding hydrogens is 226 g/mol. The largest absolute Gasteiger partial charge is 0.192 e. The maximum absolute atomic E-state index is 8.81. The molecule has 2 aromatic rings. The van der Waals surface area contributed by atoms with Crippen molar-refractivity contribution >= 4 is 11.8 Å². The van der Waals surface area contributed by atoms with Crippen LogP contribution in [0.25, 0.3) is 0 Å². The van der Waals surface area contributed by atoms with E-state index in [4.69, 9.17) is 5.26 Å². The molecule has 0 amide bonds. The fraction of sp³-hybridized carbons (Fsp3) is 0.133. The van der Waals surface area contributed by atoms with Gasteiger partial charge in [0.2, 0.25) is 0 Å². The van der Waals surface area contributed by atoms with Crippen LogP contribution >= 0.6 is 11.8 Å². The first-order chi connectivity index (χ1) is 8.29. The zero-order chi connectivity index (χ0) is 12.1. The lowest BCUT2D eigenvalue weighted by molar-refractivity contribution is 1.29. The highest BCUT2D eigenvalue weighted by Gasteiger charge is 2.01. The quantitative estimate of drug-likeness (QED) is 0.751. The Bertz CT molecular complexity index is 541. The van der Waals surface area contributed by atoms with E-state index in [1.165, 1.54) is 16.0 Å². The zero-order valence-corrected chi connectivity index (χ0v) is 10.5. The Hall–Kier alpha value is -1.72. The van der Waals surface area contributed by atoms with Crippen LogP contribution in [0.5, 0.6) is 0 Å². The molecule has 0 aliphatic rings. The second-order valence-electron chi connectivity index (χ2n) is 3.85. The lowest BCUT2D eigenvalue weighted by Gasteiger charge is -2.05. The average molecular weight is 239 g/mol. The summed E-state index contributed by atoms with van der Waals surface area (Å²) >= 11 is 1.82. The van der Waals surface area contributed by atoms with E-state index < -0.39 is 0 Å². The number of hydrogen-bond donors (Lipinski definition) is 0. The van der Waals surface area contributed by atoms with Gasteiger partial charge in [0.15, 0.2) is 0 Å². The molecule has 0 saturated heterocycles. The zero-order valence-electron chi connectivity index (χ0n) is 9.68. The van der Waals surface area contributed by atoms with Crippen molar-refractivity contribution in [1.29, 1.82) is 5.26 Å². The molecule has 1 nitrogen and oxygen atoms in total. The molecule has 17 heavy (non-hydrogen) atoms. The Labute approximate surface area is 106 Å². The number of thioether (sulfide) groups is 1. The fourth-order valence-electron chi connectivity index (χ4n) is 1.61. The van der Waals surface area contributed by atoms with Crippen molar-refractivity contribution in [2.75, 3.05) is 0 Å². The van der Waals surface area contributed by atoms with Crippen LogP contribution in [-0.4, -0.2) is 0 Å². The van der Waals surface area contributed by atoms with Crippen LogP contribution in [0.2, 0.25) is 0 Å². The standard InChI is InChI=1S/C15H13NS/c1-12-9-13(10-16)7-8-14(12)11-17-15-5-3-2-4-6-15/h2-9H,11H2,1H3. The third-order valence-corrected chi connectivity index (χ3v) is 3.67. The van der Waals surface area contributed by atoms with Gasteiger partial charge in [-0.2, -0.15) is 5.26 Å². The van der Waals surface area contributed by atoms with Gasteiger partial charge in [-0.15, -0.1) is 11.8 Å². The third kappa shape index (κ3) is 3.12. The Morgan fingerprint density at radius 2 is 1.88 bits per heavy atom. The molecule has 0 radical (unpaired) electrons. The first-order valence-electron chi connectivity index (χ1n) is 5.47. The molecule has 0 aliphatic heterocycles. The summed E-state index contributed by atoms with van der Waals surface area (Å²) in [5.41, 5.74) is 3.21. The summed E-state index contributed by atoms with van der Waals surface area (Å²) in [5.74, 6) is 0.946. The van der Waals surface area contributed by atoms with Crippen LogP contribution < -0.4 is 0 Å². The van der Waals surface area contributed by atoms with Gasteiger partial charge in [0.05, 0.1) is 11.6 Å². The van der Waals surface area contributed by atoms with Gasteiger partial charge in [-0.3, -0.25) is 0 Å². The van der Waals surface area contributed by atoms with E-state index >= 15 is 0 Å². The van der Waals surface area contributed by atoms with E-state index in [0.717, 1.165) is 11.3 Å². The predicted molar refractivity (Wildman–Crippen MR) is 71.9 cm³/mol. The molecule has 0 saturated carbocycles. The van der Waals surface area contributed by atoms with Gasteiger partial charge in [0.25, 0.3) is 0 Å². The van der Waals surface area contributed by atoms with Gasteiger partial charge in [0.1, 0.15) is 0 Å². The molecule has 2 heteroatoms. The molecule has 0 bridgehead atoms. The van der Waals surface area contributed by atoms with Gasteiger partial charge >= 0.3 is 0 Å². The van der Waals surface area contributed by atoms with Gasteiger partial charge in [-0.05, 0) is 42.3 Å². The molecule has 0 spiro atoms. The summed E-state index contributed by atoms with van der Waals surface area (Å²) in [4.78, 5) is 1.27. The Kier molecular flexibility index (Phi) is 3.85. The minimum absolute atomic E-state index is 0.732. The maximum atomic E-state index is 8.81. The molecular formula is C15H13NS. The molecule has 0 N–H and O–H groups in total. The topological polar surface area (TPSA) is 23.8 Å². The van der Waals surface area contributed by atoms with E-state index in [1.54, 1.807) is 0 Å². The van der Waals surface area contributed by atoms with Crippen LogP contribution in [0.3, 0.4) is 0 Å². The Morgan fingerprint density at radius 3 is 2.53 bits per heavy atom. The lowest BCUT2D eigenvalue weighted by atomic mass is 10.1. The highest BCUT2D eigenvalue weighted by Crippen LogP contribution is 2.24. The van der Waals surface area contributed by atoms with Crippen molar-refractivity contribution < 1.29 is 0 Å². The molecule has 0 aromatic heterocycles. The van der Waals surface area contributed by atoms with Gasteiger partial charge in [0, 0.05) is 10.6 Å². The van der Waals surface area contributed by atoms with Crippen molar-refractivity contribution in [1.82, 2.24) is 0 Å². The van der Waals surface area contributed by atoms with Crippen LogP contribution in [0.1, 0.15) is 16.7 Å². The summed E-state index contributed by atoms with van der Waals surface area (Å²) < 4.78 is 0. The van der Waals surface area contributed by atoms with Crippen LogP contribution in [0.4, 0.5) is 0 Å². The van der Waals surface area contributed by atoms with Gasteiger partial charge < -0.3 is 0 Å². The van der Waals surface area contributed by atoms with Crippen molar-refractivity contribution in [2.24, 2.45) is 0 Å². The first-order valence-corrected chi connectivity index (χ1v) is 6.45. The molecule has 0 atom stereocenters. The van der Waals surface area contributed by atoms with Crippen molar-refractivity contribution in [3.05, 3.63) is 65.2 Å². The molecule has 2 rings (SSSR count). The second-order valence-corrected chi connectivity index (χ2v) is 4.90. The van der Waals surface area contributed by atoms with Crippen molar-refractivity contribution in [3.63, 3.8) is 0 Å². The Morgan fingerprint density at radius 1 is 1.12 bits per heavy atom. The highest BCUT2D eigenvalue weighted by atomic mass is 32.2. The van der Waals surface area contributed by atoms with Crippen molar-refractivity contribution in [3.8, 4) is 6.07 Å².